The summed E-state index contributed by atoms with van der Waals surface area (Å²) in [5, 5.41) is 0. The first-order valence-corrected chi connectivity index (χ1v) is 5.30. The van der Waals surface area contributed by atoms with Crippen molar-refractivity contribution < 1.29 is 0 Å². The van der Waals surface area contributed by atoms with Crippen LogP contribution in [0.1, 0.15) is 23.9 Å². The number of allylic oxidation sites excluding steroid dienone is 5. The summed E-state index contributed by atoms with van der Waals surface area (Å²) in [7, 11) is 0. The molecule has 1 nitrogen and oxygen atoms in total. The molecule has 1 heterocycles. The van der Waals surface area contributed by atoms with Gasteiger partial charge in [0.25, 0.3) is 0 Å². The molecular formula is C15H17N. The van der Waals surface area contributed by atoms with Crippen molar-refractivity contribution in [3.63, 3.8) is 0 Å². The van der Waals surface area contributed by atoms with Gasteiger partial charge in [0, 0.05) is 22.5 Å². The highest BCUT2D eigenvalue weighted by molar-refractivity contribution is 5.46. The second kappa shape index (κ2) is 5.82. The van der Waals surface area contributed by atoms with Crippen molar-refractivity contribution in [2.45, 2.75) is 20.8 Å². The second-order valence-electron chi connectivity index (χ2n) is 3.65. The molecule has 0 fully saturated rings. The standard InChI is InChI=1S/C15H17N/c1-5-6-7-8-12(2)9-10-15-11-13(3)16-14(15)4/h5-8,11,16H,2H2,1,3-4H3/b6-5-,8-7-. The van der Waals surface area contributed by atoms with Gasteiger partial charge in [-0.3, -0.25) is 0 Å². The van der Waals surface area contributed by atoms with Crippen molar-refractivity contribution >= 4 is 0 Å². The lowest BCUT2D eigenvalue weighted by atomic mass is 10.2. The number of rotatable bonds is 2. The van der Waals surface area contributed by atoms with Crippen LogP contribution < -0.4 is 0 Å². The molecule has 0 aliphatic rings. The quantitative estimate of drug-likeness (QED) is 0.567. The van der Waals surface area contributed by atoms with Gasteiger partial charge in [0.05, 0.1) is 0 Å². The molecule has 0 aliphatic carbocycles. The normalized spacial score (nSPS) is 10.7. The Bertz CT molecular complexity index is 487. The zero-order valence-electron chi connectivity index (χ0n) is 10.1. The Kier molecular flexibility index (Phi) is 4.42. The van der Waals surface area contributed by atoms with Crippen LogP contribution in [0, 0.1) is 25.7 Å². The van der Waals surface area contributed by atoms with E-state index in [2.05, 4.69) is 23.4 Å². The maximum absolute atomic E-state index is 3.87. The highest BCUT2D eigenvalue weighted by atomic mass is 14.7. The first-order valence-electron chi connectivity index (χ1n) is 5.30. The van der Waals surface area contributed by atoms with Crippen LogP contribution in [0.25, 0.3) is 0 Å². The van der Waals surface area contributed by atoms with Crippen LogP contribution in [-0.4, -0.2) is 4.98 Å². The lowest BCUT2D eigenvalue weighted by Gasteiger charge is -1.86. The predicted molar refractivity (Wildman–Crippen MR) is 70.2 cm³/mol. The Morgan fingerprint density at radius 3 is 2.69 bits per heavy atom. The van der Waals surface area contributed by atoms with E-state index in [0.29, 0.717) is 0 Å². The molecule has 0 aromatic carbocycles. The largest absolute Gasteiger partial charge is 0.362 e. The van der Waals surface area contributed by atoms with E-state index in [1.165, 1.54) is 0 Å². The van der Waals surface area contributed by atoms with Crippen LogP contribution in [0.2, 0.25) is 0 Å². The average molecular weight is 211 g/mol. The summed E-state index contributed by atoms with van der Waals surface area (Å²) in [6.45, 7) is 9.90. The van der Waals surface area contributed by atoms with Gasteiger partial charge in [-0.1, -0.05) is 36.6 Å². The van der Waals surface area contributed by atoms with Gasteiger partial charge in [-0.2, -0.15) is 0 Å². The van der Waals surface area contributed by atoms with Crippen molar-refractivity contribution in [2.75, 3.05) is 0 Å². The summed E-state index contributed by atoms with van der Waals surface area (Å²) in [5.74, 6) is 6.13. The summed E-state index contributed by atoms with van der Waals surface area (Å²) in [6, 6.07) is 2.05. The van der Waals surface area contributed by atoms with E-state index in [0.717, 1.165) is 22.5 Å². The van der Waals surface area contributed by atoms with Gasteiger partial charge < -0.3 is 4.98 Å². The molecule has 0 amide bonds. The molecule has 1 N–H and O–H groups in total. The molecular weight excluding hydrogens is 194 g/mol. The van der Waals surface area contributed by atoms with Crippen molar-refractivity contribution in [3.05, 3.63) is 59.5 Å². The fourth-order valence-corrected chi connectivity index (χ4v) is 1.33. The topological polar surface area (TPSA) is 15.8 Å². The Hall–Kier alpha value is -1.94. The third-order valence-electron chi connectivity index (χ3n) is 2.11. The Labute approximate surface area is 97.6 Å². The van der Waals surface area contributed by atoms with Crippen molar-refractivity contribution in [3.8, 4) is 11.8 Å². The lowest BCUT2D eigenvalue weighted by molar-refractivity contribution is 1.19. The summed E-state index contributed by atoms with van der Waals surface area (Å²) in [5.41, 5.74) is 4.10. The lowest BCUT2D eigenvalue weighted by Crippen LogP contribution is -1.75. The number of aromatic nitrogens is 1. The van der Waals surface area contributed by atoms with Crippen molar-refractivity contribution in [2.24, 2.45) is 0 Å². The molecule has 1 rings (SSSR count). The first-order chi connectivity index (χ1) is 7.63. The van der Waals surface area contributed by atoms with Crippen LogP contribution in [0.5, 0.6) is 0 Å². The van der Waals surface area contributed by atoms with Gasteiger partial charge in [0.15, 0.2) is 0 Å². The molecule has 0 unspecified atom stereocenters. The number of H-pyrrole nitrogens is 1. The first kappa shape index (κ1) is 12.1. The maximum Gasteiger partial charge on any atom is 0.0456 e. The fraction of sp³-hybridized carbons (Fsp3) is 0.200. The number of hydrogen-bond acceptors (Lipinski definition) is 0. The molecule has 82 valence electrons. The van der Waals surface area contributed by atoms with Gasteiger partial charge in [0.1, 0.15) is 0 Å². The summed E-state index contributed by atoms with van der Waals surface area (Å²) < 4.78 is 0. The summed E-state index contributed by atoms with van der Waals surface area (Å²) >= 11 is 0. The maximum atomic E-state index is 3.87. The third-order valence-corrected chi connectivity index (χ3v) is 2.11. The van der Waals surface area contributed by atoms with Gasteiger partial charge in [-0.15, -0.1) is 0 Å². The highest BCUT2D eigenvalue weighted by Crippen LogP contribution is 2.07. The van der Waals surface area contributed by atoms with E-state index in [-0.39, 0.29) is 0 Å². The monoisotopic (exact) mass is 211 g/mol. The number of aromatic amines is 1. The van der Waals surface area contributed by atoms with Crippen LogP contribution in [0.15, 0.2) is 42.5 Å². The minimum atomic E-state index is 0.816. The molecule has 1 heteroatoms. The fourth-order valence-electron chi connectivity index (χ4n) is 1.33. The van der Waals surface area contributed by atoms with E-state index in [4.69, 9.17) is 0 Å². The smallest absolute Gasteiger partial charge is 0.0456 e. The zero-order valence-corrected chi connectivity index (χ0v) is 10.1. The minimum Gasteiger partial charge on any atom is -0.362 e. The van der Waals surface area contributed by atoms with Gasteiger partial charge in [-0.05, 0) is 32.9 Å². The Balaban J connectivity index is 2.74. The number of hydrogen-bond donors (Lipinski definition) is 1. The average Bonchev–Trinajstić information content (AvgIpc) is 2.55. The van der Waals surface area contributed by atoms with Crippen LogP contribution in [0.3, 0.4) is 0 Å². The van der Waals surface area contributed by atoms with Gasteiger partial charge in [-0.25, -0.2) is 0 Å². The second-order valence-corrected chi connectivity index (χ2v) is 3.65. The molecule has 1 aromatic rings. The SMILES string of the molecule is C=C(C#Cc1cc(C)[nH]c1C)/C=C\C=C/C. The van der Waals surface area contributed by atoms with Crippen LogP contribution in [-0.2, 0) is 0 Å². The van der Waals surface area contributed by atoms with E-state index in [1.807, 2.05) is 51.1 Å². The van der Waals surface area contributed by atoms with E-state index in [1.54, 1.807) is 0 Å². The summed E-state index contributed by atoms with van der Waals surface area (Å²) in [4.78, 5) is 3.22. The van der Waals surface area contributed by atoms with E-state index < -0.39 is 0 Å². The molecule has 0 saturated carbocycles. The number of nitrogens with one attached hydrogen (secondary N) is 1. The van der Waals surface area contributed by atoms with Crippen molar-refractivity contribution in [1.82, 2.24) is 4.98 Å². The van der Waals surface area contributed by atoms with Gasteiger partial charge >= 0.3 is 0 Å². The molecule has 0 spiro atoms. The molecule has 16 heavy (non-hydrogen) atoms. The molecule has 0 bridgehead atoms. The van der Waals surface area contributed by atoms with E-state index in [9.17, 15) is 0 Å². The predicted octanol–water partition coefficient (Wildman–Crippen LogP) is 3.67. The molecule has 0 saturated heterocycles. The summed E-state index contributed by atoms with van der Waals surface area (Å²) in [6.07, 6.45) is 7.77. The zero-order chi connectivity index (χ0) is 12.0. The Morgan fingerprint density at radius 1 is 1.38 bits per heavy atom. The van der Waals surface area contributed by atoms with Crippen LogP contribution in [0.4, 0.5) is 0 Å². The minimum absolute atomic E-state index is 0.816. The molecule has 0 aliphatic heterocycles. The third kappa shape index (κ3) is 3.67. The van der Waals surface area contributed by atoms with Gasteiger partial charge in [0.2, 0.25) is 0 Å². The highest BCUT2D eigenvalue weighted by Gasteiger charge is 1.96. The Morgan fingerprint density at radius 2 is 2.12 bits per heavy atom. The molecule has 1 aromatic heterocycles. The molecule has 0 atom stereocenters. The van der Waals surface area contributed by atoms with Crippen molar-refractivity contribution in [1.29, 1.82) is 0 Å². The van der Waals surface area contributed by atoms with Crippen LogP contribution >= 0.6 is 0 Å². The van der Waals surface area contributed by atoms with E-state index >= 15 is 0 Å². The number of aryl methyl sites for hydroxylation is 2. The molecule has 0 radical (unpaired) electrons.